The van der Waals surface area contributed by atoms with Gasteiger partial charge in [0.2, 0.25) is 0 Å². The molecule has 7 aromatic carbocycles. The standard InChI is InChI=1S/C63H48N4/c1-63(2)53-21-11-8-18-47(53)48-32-26-43(38-54(48)63)61-50-20-9-12-22-55(50)64-62(65-61)40-24-30-45(31-25-40)67-58-34-29-42(37-52(58)60-46-17-7-6-14-39(46)27-35-59(60)67)41-28-33-57-51(36-41)49-19-10-13-23-56(49)66(57)44-15-4-3-5-16-44/h3-4,6-10,12-15,17-20,22-34,36-38,59H,5,11,16,21,35H2,1-2H3. The normalized spacial score (nSPS) is 17.6. The second kappa shape index (κ2) is 14.6. The van der Waals surface area contributed by atoms with E-state index in [1.165, 1.54) is 88.3 Å². The summed E-state index contributed by atoms with van der Waals surface area (Å²) in [6, 6.07) is 56.6. The molecule has 0 spiro atoms. The molecule has 2 aromatic heterocycles. The zero-order chi connectivity index (χ0) is 44.4. The van der Waals surface area contributed by atoms with Crippen molar-refractivity contribution in [3.8, 4) is 33.8 Å². The lowest BCUT2D eigenvalue weighted by Crippen LogP contribution is -2.38. The van der Waals surface area contributed by atoms with Crippen molar-refractivity contribution in [3.63, 3.8) is 0 Å². The molecule has 0 bridgehead atoms. The van der Waals surface area contributed by atoms with Crippen LogP contribution in [0.3, 0.4) is 0 Å². The molecule has 0 radical (unpaired) electrons. The Morgan fingerprint density at radius 3 is 2.27 bits per heavy atom. The van der Waals surface area contributed by atoms with Crippen LogP contribution in [-0.2, 0) is 5.41 Å². The van der Waals surface area contributed by atoms with Crippen molar-refractivity contribution in [2.24, 2.45) is 0 Å². The smallest absolute Gasteiger partial charge is 0.160 e. The Morgan fingerprint density at radius 2 is 1.37 bits per heavy atom. The summed E-state index contributed by atoms with van der Waals surface area (Å²) in [6.45, 7) is 4.78. The largest absolute Gasteiger partial charge is 0.333 e. The zero-order valence-electron chi connectivity index (χ0n) is 37.8. The molecule has 0 amide bonds. The van der Waals surface area contributed by atoms with Crippen molar-refractivity contribution in [3.05, 3.63) is 215 Å². The van der Waals surface area contributed by atoms with Crippen LogP contribution in [0.2, 0.25) is 0 Å². The van der Waals surface area contributed by atoms with Gasteiger partial charge < -0.3 is 9.47 Å². The summed E-state index contributed by atoms with van der Waals surface area (Å²) >= 11 is 0. The maximum absolute atomic E-state index is 5.39. The molecule has 0 saturated heterocycles. The Hall–Kier alpha value is -7.82. The highest BCUT2D eigenvalue weighted by Crippen LogP contribution is 2.52. The van der Waals surface area contributed by atoms with Gasteiger partial charge in [-0.15, -0.1) is 0 Å². The van der Waals surface area contributed by atoms with Gasteiger partial charge in [0.1, 0.15) is 0 Å². The lowest BCUT2D eigenvalue weighted by atomic mass is 9.78. The Kier molecular flexibility index (Phi) is 8.37. The molecule has 3 heterocycles. The van der Waals surface area contributed by atoms with Crippen LogP contribution in [0, 0.1) is 0 Å². The van der Waals surface area contributed by atoms with Crippen LogP contribution in [0.4, 0.5) is 11.4 Å². The van der Waals surface area contributed by atoms with Gasteiger partial charge in [-0.25, -0.2) is 9.97 Å². The molecule has 4 heteroatoms. The van der Waals surface area contributed by atoms with E-state index >= 15 is 0 Å². The van der Waals surface area contributed by atoms with Crippen LogP contribution >= 0.6 is 0 Å². The topological polar surface area (TPSA) is 34.0 Å². The highest BCUT2D eigenvalue weighted by atomic mass is 15.2. The summed E-state index contributed by atoms with van der Waals surface area (Å²) in [5, 5.41) is 6.29. The first-order valence-electron chi connectivity index (χ1n) is 24.0. The number of anilines is 2. The van der Waals surface area contributed by atoms with E-state index in [0.29, 0.717) is 0 Å². The van der Waals surface area contributed by atoms with Crippen molar-refractivity contribution < 1.29 is 0 Å². The number of benzene rings is 7. The third kappa shape index (κ3) is 5.78. The highest BCUT2D eigenvalue weighted by Gasteiger charge is 2.38. The fourth-order valence-electron chi connectivity index (χ4n) is 12.3. The SMILES string of the molecule is CC1(C)C2=C(C=CCC2)c2ccc(-c3nc(-c4ccc(N5c6ccc(-c7ccc8c(c7)c7ccccc7n8C7=CC=CCC7)cc6C6=c7ccccc7=CCC65)cc4)nc4ccccc34)cc21. The minimum atomic E-state index is -0.0141. The fraction of sp³-hybridized carbons (Fsp3) is 0.143. The quantitative estimate of drug-likeness (QED) is 0.173. The lowest BCUT2D eigenvalue weighted by Gasteiger charge is -2.29. The number of allylic oxidation sites excluding steroid dienone is 8. The number of rotatable bonds is 5. The van der Waals surface area contributed by atoms with E-state index in [4.69, 9.17) is 9.97 Å². The number of para-hydroxylation sites is 2. The zero-order valence-corrected chi connectivity index (χ0v) is 37.8. The number of hydrogen-bond donors (Lipinski definition) is 0. The molecule has 0 saturated carbocycles. The maximum atomic E-state index is 5.39. The summed E-state index contributed by atoms with van der Waals surface area (Å²) in [5.74, 6) is 0.742. The molecule has 67 heavy (non-hydrogen) atoms. The predicted molar refractivity (Wildman–Crippen MR) is 279 cm³/mol. The van der Waals surface area contributed by atoms with Gasteiger partial charge >= 0.3 is 0 Å². The summed E-state index contributed by atoms with van der Waals surface area (Å²) in [4.78, 5) is 13.1. The molecule has 0 N–H and O–H groups in total. The average molecular weight is 861 g/mol. The Bertz CT molecular complexity index is 3870. The molecule has 9 aromatic rings. The molecular formula is C63H48N4. The molecule has 14 rings (SSSR count). The van der Waals surface area contributed by atoms with Gasteiger partial charge in [0.25, 0.3) is 0 Å². The van der Waals surface area contributed by atoms with E-state index in [-0.39, 0.29) is 11.5 Å². The van der Waals surface area contributed by atoms with Crippen molar-refractivity contribution in [1.82, 2.24) is 14.5 Å². The lowest BCUT2D eigenvalue weighted by molar-refractivity contribution is 0.607. The van der Waals surface area contributed by atoms with E-state index in [1.807, 2.05) is 0 Å². The van der Waals surface area contributed by atoms with Crippen LogP contribution in [-0.4, -0.2) is 20.6 Å². The Balaban J connectivity index is 0.858. The Labute approximate surface area is 390 Å². The summed E-state index contributed by atoms with van der Waals surface area (Å²) in [6.07, 6.45) is 19.1. The maximum Gasteiger partial charge on any atom is 0.160 e. The van der Waals surface area contributed by atoms with Crippen LogP contribution in [0.25, 0.3) is 89.4 Å². The van der Waals surface area contributed by atoms with Crippen molar-refractivity contribution >= 4 is 67.0 Å². The second-order valence-corrected chi connectivity index (χ2v) is 19.4. The van der Waals surface area contributed by atoms with Crippen molar-refractivity contribution in [2.45, 2.75) is 57.4 Å². The summed E-state index contributed by atoms with van der Waals surface area (Å²) in [5.41, 5.74) is 21.3. The van der Waals surface area contributed by atoms with E-state index in [0.717, 1.165) is 65.7 Å². The van der Waals surface area contributed by atoms with Gasteiger partial charge in [-0.2, -0.15) is 0 Å². The van der Waals surface area contributed by atoms with E-state index in [1.54, 1.807) is 5.57 Å². The molecule has 1 unspecified atom stereocenters. The minimum Gasteiger partial charge on any atom is -0.333 e. The molecule has 320 valence electrons. The number of fused-ring (bicyclic) bond motifs is 10. The summed E-state index contributed by atoms with van der Waals surface area (Å²) in [7, 11) is 0. The van der Waals surface area contributed by atoms with Gasteiger partial charge in [0.15, 0.2) is 5.82 Å². The number of aromatic nitrogens is 3. The van der Waals surface area contributed by atoms with Gasteiger partial charge in [0, 0.05) is 55.3 Å². The molecular weight excluding hydrogens is 813 g/mol. The third-order valence-corrected chi connectivity index (χ3v) is 15.5. The number of hydrogen-bond acceptors (Lipinski definition) is 3. The Morgan fingerprint density at radius 1 is 0.612 bits per heavy atom. The molecule has 5 aliphatic rings. The number of nitrogens with zero attached hydrogens (tertiary/aromatic N) is 4. The first kappa shape index (κ1) is 38.4. The molecule has 4 aliphatic carbocycles. The molecule has 1 aliphatic heterocycles. The van der Waals surface area contributed by atoms with Crippen LogP contribution in [0.15, 0.2) is 188 Å². The second-order valence-electron chi connectivity index (χ2n) is 19.4. The minimum absolute atomic E-state index is 0.0141. The monoisotopic (exact) mass is 860 g/mol. The van der Waals surface area contributed by atoms with E-state index in [9.17, 15) is 0 Å². The van der Waals surface area contributed by atoms with Crippen LogP contribution in [0.1, 0.15) is 62.6 Å². The van der Waals surface area contributed by atoms with Crippen LogP contribution in [0.5, 0.6) is 0 Å². The van der Waals surface area contributed by atoms with E-state index < -0.39 is 0 Å². The fourth-order valence-corrected chi connectivity index (χ4v) is 12.3. The van der Waals surface area contributed by atoms with Gasteiger partial charge in [-0.1, -0.05) is 135 Å². The molecule has 4 nitrogen and oxygen atoms in total. The van der Waals surface area contributed by atoms with E-state index in [2.05, 4.69) is 211 Å². The predicted octanol–water partition coefficient (Wildman–Crippen LogP) is 14.2. The van der Waals surface area contributed by atoms with Crippen molar-refractivity contribution in [2.75, 3.05) is 4.90 Å². The molecule has 0 fully saturated rings. The van der Waals surface area contributed by atoms with Gasteiger partial charge in [0.05, 0.1) is 28.3 Å². The third-order valence-electron chi connectivity index (χ3n) is 15.5. The average Bonchev–Trinajstić information content (AvgIpc) is 3.98. The molecule has 1 atom stereocenters. The van der Waals surface area contributed by atoms with Crippen LogP contribution < -0.4 is 15.3 Å². The highest BCUT2D eigenvalue weighted by molar-refractivity contribution is 6.11. The first-order chi connectivity index (χ1) is 33.0. The first-order valence-corrected chi connectivity index (χ1v) is 24.0. The van der Waals surface area contributed by atoms with Crippen molar-refractivity contribution in [1.29, 1.82) is 0 Å². The summed E-state index contributed by atoms with van der Waals surface area (Å²) < 4.78 is 2.47. The van der Waals surface area contributed by atoms with Gasteiger partial charge in [-0.05, 0) is 149 Å². The van der Waals surface area contributed by atoms with Gasteiger partial charge in [-0.3, -0.25) is 0 Å².